The van der Waals surface area contributed by atoms with Crippen molar-refractivity contribution < 1.29 is 4.39 Å². The highest BCUT2D eigenvalue weighted by atomic mass is 35.5. The molecule has 22 heavy (non-hydrogen) atoms. The summed E-state index contributed by atoms with van der Waals surface area (Å²) < 4.78 is 13.2. The molecule has 0 radical (unpaired) electrons. The third-order valence-electron chi connectivity index (χ3n) is 4.96. The minimum atomic E-state index is -0.194. The quantitative estimate of drug-likeness (QED) is 0.674. The van der Waals surface area contributed by atoms with Crippen LogP contribution in [0.3, 0.4) is 0 Å². The van der Waals surface area contributed by atoms with Gasteiger partial charge in [-0.3, -0.25) is 0 Å². The molecular weight excluding hydrogens is 297 g/mol. The monoisotopic (exact) mass is 313 g/mol. The topological polar surface area (TPSA) is 12.0 Å². The molecule has 1 aliphatic carbocycles. The average Bonchev–Trinajstić information content (AvgIpc) is 3.01. The van der Waals surface area contributed by atoms with Crippen LogP contribution in [0.5, 0.6) is 0 Å². The Labute approximate surface area is 134 Å². The summed E-state index contributed by atoms with van der Waals surface area (Å²) in [6.07, 6.45) is 5.60. The summed E-state index contributed by atoms with van der Waals surface area (Å²) in [6.45, 7) is 2.05. The van der Waals surface area contributed by atoms with Crippen molar-refractivity contribution in [2.24, 2.45) is 5.92 Å². The van der Waals surface area contributed by atoms with E-state index in [4.69, 9.17) is 11.6 Å². The second-order valence-corrected chi connectivity index (χ2v) is 6.57. The van der Waals surface area contributed by atoms with E-state index in [0.717, 1.165) is 28.3 Å². The van der Waals surface area contributed by atoms with Crippen LogP contribution in [0.4, 0.5) is 10.1 Å². The number of allylic oxidation sites excluding steroid dienone is 2. The number of fused-ring (bicyclic) bond motifs is 3. The van der Waals surface area contributed by atoms with Crippen LogP contribution >= 0.6 is 11.6 Å². The summed E-state index contributed by atoms with van der Waals surface area (Å²) in [4.78, 5) is 0. The number of nitrogens with one attached hydrogen (secondary N) is 1. The highest BCUT2D eigenvalue weighted by Gasteiger charge is 2.38. The van der Waals surface area contributed by atoms with Gasteiger partial charge in [0.25, 0.3) is 0 Å². The van der Waals surface area contributed by atoms with Gasteiger partial charge in [-0.15, -0.1) is 0 Å². The molecule has 1 N–H and O–H groups in total. The second-order valence-electron chi connectivity index (χ2n) is 6.16. The minimum absolute atomic E-state index is 0.185. The van der Waals surface area contributed by atoms with Crippen molar-refractivity contribution in [1.82, 2.24) is 0 Å². The molecule has 0 bridgehead atoms. The molecule has 3 atom stereocenters. The molecule has 1 heterocycles. The highest BCUT2D eigenvalue weighted by molar-refractivity contribution is 6.31. The van der Waals surface area contributed by atoms with Crippen LogP contribution in [0.15, 0.2) is 48.6 Å². The molecule has 1 aliphatic heterocycles. The lowest BCUT2D eigenvalue weighted by Crippen LogP contribution is -2.29. The molecule has 0 amide bonds. The molecule has 3 heteroatoms. The van der Waals surface area contributed by atoms with E-state index in [1.54, 1.807) is 0 Å². The Kier molecular flexibility index (Phi) is 3.23. The minimum Gasteiger partial charge on any atom is -0.377 e. The van der Waals surface area contributed by atoms with E-state index in [0.29, 0.717) is 11.8 Å². The Morgan fingerprint density at radius 2 is 1.91 bits per heavy atom. The van der Waals surface area contributed by atoms with E-state index in [9.17, 15) is 4.39 Å². The normalized spacial score (nSPS) is 25.5. The van der Waals surface area contributed by atoms with Gasteiger partial charge in [0.2, 0.25) is 0 Å². The Hall–Kier alpha value is -1.80. The summed E-state index contributed by atoms with van der Waals surface area (Å²) in [5.74, 6) is 0.682. The molecule has 2 aromatic rings. The van der Waals surface area contributed by atoms with E-state index in [1.165, 1.54) is 17.7 Å². The van der Waals surface area contributed by atoms with Gasteiger partial charge in [-0.2, -0.15) is 0 Å². The predicted molar refractivity (Wildman–Crippen MR) is 88.9 cm³/mol. The van der Waals surface area contributed by atoms with Crippen LogP contribution < -0.4 is 5.32 Å². The molecule has 0 spiro atoms. The maximum atomic E-state index is 13.2. The van der Waals surface area contributed by atoms with Crippen molar-refractivity contribution in [3.8, 4) is 0 Å². The van der Waals surface area contributed by atoms with Gasteiger partial charge in [0, 0.05) is 16.6 Å². The Balaban J connectivity index is 1.82. The van der Waals surface area contributed by atoms with Crippen LogP contribution in [0.25, 0.3) is 0 Å². The van der Waals surface area contributed by atoms with Gasteiger partial charge in [-0.25, -0.2) is 4.39 Å². The first-order valence-electron chi connectivity index (χ1n) is 7.63. The molecule has 0 saturated carbocycles. The van der Waals surface area contributed by atoms with E-state index in [1.807, 2.05) is 18.2 Å². The summed E-state index contributed by atoms with van der Waals surface area (Å²) in [7, 11) is 0. The Morgan fingerprint density at radius 3 is 2.68 bits per heavy atom. The number of benzene rings is 2. The highest BCUT2D eigenvalue weighted by Crippen LogP contribution is 2.51. The fourth-order valence-corrected chi connectivity index (χ4v) is 3.95. The average molecular weight is 314 g/mol. The lowest BCUT2D eigenvalue weighted by Gasteiger charge is -2.38. The summed E-state index contributed by atoms with van der Waals surface area (Å²) in [6, 6.07) is 11.1. The number of hydrogen-bond donors (Lipinski definition) is 1. The lowest BCUT2D eigenvalue weighted by molar-refractivity contribution is 0.425. The van der Waals surface area contributed by atoms with Gasteiger partial charge in [0.05, 0.1) is 6.04 Å². The number of anilines is 1. The summed E-state index contributed by atoms with van der Waals surface area (Å²) in [5.41, 5.74) is 4.67. The Bertz CT molecular complexity index is 751. The summed E-state index contributed by atoms with van der Waals surface area (Å²) in [5, 5.41) is 4.45. The van der Waals surface area contributed by atoms with E-state index in [-0.39, 0.29) is 11.9 Å². The van der Waals surface area contributed by atoms with Crippen molar-refractivity contribution in [3.05, 3.63) is 76.1 Å². The number of hydrogen-bond acceptors (Lipinski definition) is 1. The van der Waals surface area contributed by atoms with Crippen molar-refractivity contribution in [2.75, 3.05) is 5.32 Å². The zero-order valence-electron chi connectivity index (χ0n) is 12.3. The molecule has 112 valence electrons. The third kappa shape index (κ3) is 2.05. The van der Waals surface area contributed by atoms with Crippen molar-refractivity contribution in [3.63, 3.8) is 0 Å². The van der Waals surface area contributed by atoms with Crippen LogP contribution in [-0.2, 0) is 0 Å². The first-order chi connectivity index (χ1) is 10.6. The molecule has 1 nitrogen and oxygen atoms in total. The Morgan fingerprint density at radius 1 is 1.14 bits per heavy atom. The third-order valence-corrected chi connectivity index (χ3v) is 5.37. The lowest BCUT2D eigenvalue weighted by atomic mass is 9.76. The van der Waals surface area contributed by atoms with Crippen molar-refractivity contribution in [2.45, 2.75) is 25.3 Å². The van der Waals surface area contributed by atoms with Crippen molar-refractivity contribution in [1.29, 1.82) is 0 Å². The first-order valence-corrected chi connectivity index (χ1v) is 8.00. The fourth-order valence-electron chi connectivity index (χ4n) is 3.79. The van der Waals surface area contributed by atoms with Gasteiger partial charge in [-0.05, 0) is 54.2 Å². The number of halogens is 2. The van der Waals surface area contributed by atoms with Gasteiger partial charge in [0.1, 0.15) is 5.82 Å². The predicted octanol–water partition coefficient (Wildman–Crippen LogP) is 5.61. The smallest absolute Gasteiger partial charge is 0.123 e. The maximum Gasteiger partial charge on any atom is 0.123 e. The molecule has 0 fully saturated rings. The zero-order valence-corrected chi connectivity index (χ0v) is 13.1. The molecule has 0 saturated heterocycles. The molecule has 0 aromatic heterocycles. The largest absolute Gasteiger partial charge is 0.377 e. The van der Waals surface area contributed by atoms with Gasteiger partial charge in [-0.1, -0.05) is 42.0 Å². The van der Waals surface area contributed by atoms with E-state index < -0.39 is 0 Å². The van der Waals surface area contributed by atoms with E-state index >= 15 is 0 Å². The summed E-state index contributed by atoms with van der Waals surface area (Å²) >= 11 is 6.30. The van der Waals surface area contributed by atoms with Crippen LogP contribution in [0, 0.1) is 18.7 Å². The van der Waals surface area contributed by atoms with Gasteiger partial charge in [0.15, 0.2) is 0 Å². The van der Waals surface area contributed by atoms with Crippen LogP contribution in [0.2, 0.25) is 5.02 Å². The van der Waals surface area contributed by atoms with E-state index in [2.05, 4.69) is 30.5 Å². The molecule has 0 unspecified atom stereocenters. The molecule has 4 rings (SSSR count). The maximum absolute atomic E-state index is 13.2. The molecular formula is C19H17ClFN. The van der Waals surface area contributed by atoms with Crippen LogP contribution in [-0.4, -0.2) is 0 Å². The van der Waals surface area contributed by atoms with Gasteiger partial charge >= 0.3 is 0 Å². The fraction of sp³-hybridized carbons (Fsp3) is 0.263. The first kappa shape index (κ1) is 13.8. The van der Waals surface area contributed by atoms with Crippen molar-refractivity contribution >= 4 is 17.3 Å². The second kappa shape index (κ2) is 5.13. The molecule has 2 aliphatic rings. The zero-order chi connectivity index (χ0) is 15.3. The standard InChI is InChI=1S/C19H17ClFN/c1-11-17(20)10-9-16-14-3-2-4-15(14)19(22-18(11)16)12-5-7-13(21)8-6-12/h2-3,5-10,14-15,19,22H,4H2,1H3/t14-,15-,19+/m0/s1. The SMILES string of the molecule is Cc1c(Cl)ccc2c1N[C@H](c1ccc(F)cc1)[C@H]1CC=C[C@H]21. The molecule has 2 aromatic carbocycles. The number of rotatable bonds is 1. The van der Waals surface area contributed by atoms with Crippen LogP contribution in [0.1, 0.15) is 35.1 Å². The van der Waals surface area contributed by atoms with Gasteiger partial charge < -0.3 is 5.32 Å².